The average molecular weight is 1830 g/mol. The Hall–Kier alpha value is -17.5. The highest BCUT2D eigenvalue weighted by Gasteiger charge is 2.25. The second kappa shape index (κ2) is 33.8. The fraction of sp³-hybridized carbons (Fsp3) is 0. The van der Waals surface area contributed by atoms with Gasteiger partial charge in [0, 0.05) is 143 Å². The van der Waals surface area contributed by atoms with E-state index in [1.807, 2.05) is 40.1 Å². The molecule has 0 amide bonds. The first-order valence-corrected chi connectivity index (χ1v) is 49.4. The molecule has 0 saturated carbocycles. The fourth-order valence-corrected chi connectivity index (χ4v) is 24.2. The van der Waals surface area contributed by atoms with E-state index >= 15 is 0 Å². The largest absolute Gasteiger partial charge is 0.455 e. The van der Waals surface area contributed by atoms with Crippen LogP contribution in [0.2, 0.25) is 0 Å². The normalized spacial score (nSPS) is 11.7. The molecule has 0 radical (unpaired) electrons. The van der Waals surface area contributed by atoms with Crippen molar-refractivity contribution in [1.82, 2.24) is 28.7 Å². The van der Waals surface area contributed by atoms with Crippen molar-refractivity contribution in [1.29, 1.82) is 0 Å². The van der Waals surface area contributed by atoms with Gasteiger partial charge in [0.2, 0.25) is 0 Å². The maximum absolute atomic E-state index is 6.55. The van der Waals surface area contributed by atoms with Crippen LogP contribution in [-0.4, -0.2) is 28.7 Å². The molecule has 0 aliphatic carbocycles. The minimum atomic E-state index is 0.908. The number of hydrogen-bond donors (Lipinski definition) is 0. The molecule has 29 aromatic rings. The van der Waals surface area contributed by atoms with Crippen molar-refractivity contribution >= 4 is 182 Å². The summed E-state index contributed by atoms with van der Waals surface area (Å²) in [5.41, 5.74) is 31.7. The van der Waals surface area contributed by atoms with Crippen molar-refractivity contribution in [3.05, 3.63) is 485 Å². The van der Waals surface area contributed by atoms with Gasteiger partial charge in [-0.15, -0.1) is 34.0 Å². The summed E-state index contributed by atoms with van der Waals surface area (Å²) in [6, 6.07) is 174. The van der Waals surface area contributed by atoms with Crippen molar-refractivity contribution < 1.29 is 4.42 Å². The molecule has 0 saturated heterocycles. The van der Waals surface area contributed by atoms with Gasteiger partial charge in [0.1, 0.15) is 11.2 Å². The number of thiophene rings is 3. The topological polar surface area (TPSA) is 66.6 Å². The third-order valence-corrected chi connectivity index (χ3v) is 30.8. The molecular weight excluding hydrogens is 1750 g/mol. The van der Waals surface area contributed by atoms with Crippen molar-refractivity contribution in [2.45, 2.75) is 0 Å². The van der Waals surface area contributed by atoms with Crippen LogP contribution in [-0.2, 0) is 0 Å². The van der Waals surface area contributed by atoms with E-state index in [-0.39, 0.29) is 0 Å². The van der Waals surface area contributed by atoms with Gasteiger partial charge in [-0.2, -0.15) is 0 Å². The van der Waals surface area contributed by atoms with Crippen LogP contribution in [0.3, 0.4) is 0 Å². The lowest BCUT2D eigenvalue weighted by Gasteiger charge is -2.13. The molecule has 0 spiro atoms. The van der Waals surface area contributed by atoms with Crippen LogP contribution in [0.15, 0.2) is 490 Å². The first-order valence-electron chi connectivity index (χ1n) is 47.0. The highest BCUT2D eigenvalue weighted by molar-refractivity contribution is 7.26. The Balaban J connectivity index is 0.000000105. The Morgan fingerprint density at radius 1 is 0.165 bits per heavy atom. The Kier molecular flexibility index (Phi) is 19.7. The van der Waals surface area contributed by atoms with Gasteiger partial charge in [0.15, 0.2) is 0 Å². The minimum absolute atomic E-state index is 0.908. The number of pyridine rings is 3. The minimum Gasteiger partial charge on any atom is -0.455 e. The molecule has 0 aliphatic rings. The van der Waals surface area contributed by atoms with Crippen molar-refractivity contribution in [2.24, 2.45) is 0 Å². The van der Waals surface area contributed by atoms with E-state index in [0.29, 0.717) is 0 Å². The summed E-state index contributed by atoms with van der Waals surface area (Å²) in [5, 5.41) is 17.3. The summed E-state index contributed by atoms with van der Waals surface area (Å²) in [6.07, 6.45) is 0. The third-order valence-electron chi connectivity index (χ3n) is 27.4. The zero-order chi connectivity index (χ0) is 91.5. The average Bonchev–Trinajstić information content (AvgIpc) is 1.63. The molecule has 0 unspecified atom stereocenters. The van der Waals surface area contributed by atoms with Gasteiger partial charge >= 0.3 is 0 Å². The Morgan fingerprint density at radius 3 is 1.09 bits per heavy atom. The lowest BCUT2D eigenvalue weighted by atomic mass is 9.95. The van der Waals surface area contributed by atoms with Crippen LogP contribution < -0.4 is 0 Å². The standard InChI is InChI=1S/C47H30N2S.C41H24N2OS.C41H26N2S/c1-3-12-31(13-4-1)32-22-24-33(25-23-32)41-28-35(29-42(48-41)34-26-27-39-38-16-8-10-21-45(38)50-46(39)30-34)37-18-11-20-44-47(37)40-17-7-9-19-43(40)49(44)36-14-5-2-6-15-36;1-2-10-25(11-3-1)33-23-27(24-34(42-33)26-18-21-39-32(22-26)29-13-6-9-17-38(29)45-39)43-35-15-7-4-14-31(35)40-36(43)20-19-30-28-12-5-8-16-37(28)44-41(30)40;1-3-11-27(12-4-1)36-25-30(26-37(42-36)29-20-22-41-35(24-29)33-16-8-10-18-40(33)44-41)28-19-21-39-34(23-28)32-15-7-9-17-38(32)43(39)31-13-5-2-6-14-31/h1-30H;1-24H;1-26H. The number of rotatable bonds is 12. The van der Waals surface area contributed by atoms with Crippen LogP contribution >= 0.6 is 34.0 Å². The van der Waals surface area contributed by atoms with Crippen LogP contribution in [0.4, 0.5) is 0 Å². The lowest BCUT2D eigenvalue weighted by Crippen LogP contribution is -1.98. The molecule has 19 aromatic carbocycles. The molecule has 0 atom stereocenters. The second-order valence-electron chi connectivity index (χ2n) is 35.5. The second-order valence-corrected chi connectivity index (χ2v) is 38.8. The van der Waals surface area contributed by atoms with Crippen LogP contribution in [0, 0.1) is 0 Å². The predicted octanol–water partition coefficient (Wildman–Crippen LogP) is 36.5. The summed E-state index contributed by atoms with van der Waals surface area (Å²) in [7, 11) is 0. The van der Waals surface area contributed by atoms with E-state index < -0.39 is 0 Å². The predicted molar refractivity (Wildman–Crippen MR) is 591 cm³/mol. The first kappa shape index (κ1) is 81.1. The summed E-state index contributed by atoms with van der Waals surface area (Å²) in [6.45, 7) is 0. The zero-order valence-corrected chi connectivity index (χ0v) is 77.5. The third kappa shape index (κ3) is 14.3. The Bertz CT molecular complexity index is 9900. The van der Waals surface area contributed by atoms with E-state index in [2.05, 4.69) is 493 Å². The number of furan rings is 1. The SMILES string of the molecule is c1ccc(-c2cc(-c3ccc4c(c3)c3ccccc3n4-c3ccccc3)cc(-c3ccc4sc5ccccc5c4c3)n2)cc1.c1ccc(-c2cc(-n3c4ccccc4c4c5oc6ccccc6c5ccc43)cc(-c3ccc4sc5ccccc5c4c3)n2)cc1.c1ccc(-c2ccc(-c3cc(-c4cccc5c4c4ccccc4n5-c4ccccc4)cc(-c4ccc5c(c4)sc4ccccc45)n3)cc2)cc1. The summed E-state index contributed by atoms with van der Waals surface area (Å²) >= 11 is 5.53. The highest BCUT2D eigenvalue weighted by Crippen LogP contribution is 2.48. The molecule has 10 heterocycles. The van der Waals surface area contributed by atoms with Crippen LogP contribution in [0.5, 0.6) is 0 Å². The Morgan fingerprint density at radius 2 is 0.504 bits per heavy atom. The zero-order valence-electron chi connectivity index (χ0n) is 75.0. The van der Waals surface area contributed by atoms with E-state index in [9.17, 15) is 0 Å². The molecule has 10 heteroatoms. The molecule has 0 N–H and O–H groups in total. The molecule has 0 bridgehead atoms. The Labute approximate surface area is 811 Å². The number of fused-ring (bicyclic) bond motifs is 22. The molecule has 7 nitrogen and oxygen atoms in total. The van der Waals surface area contributed by atoms with Gasteiger partial charge in [0.05, 0.1) is 78.3 Å². The van der Waals surface area contributed by atoms with E-state index in [0.717, 1.165) is 128 Å². The number of nitrogens with zero attached hydrogens (tertiary/aromatic N) is 6. The molecule has 29 rings (SSSR count). The van der Waals surface area contributed by atoms with Gasteiger partial charge in [-0.05, 0) is 197 Å². The van der Waals surface area contributed by atoms with Crippen molar-refractivity contribution in [3.63, 3.8) is 0 Å². The molecule has 139 heavy (non-hydrogen) atoms. The molecule has 0 fully saturated rings. The van der Waals surface area contributed by atoms with Crippen LogP contribution in [0.1, 0.15) is 0 Å². The van der Waals surface area contributed by atoms with Crippen molar-refractivity contribution in [2.75, 3.05) is 0 Å². The molecule has 0 aliphatic heterocycles. The number of hydrogen-bond acceptors (Lipinski definition) is 7. The molecule has 10 aromatic heterocycles. The van der Waals surface area contributed by atoms with Crippen molar-refractivity contribution in [3.8, 4) is 118 Å². The van der Waals surface area contributed by atoms with Gasteiger partial charge < -0.3 is 18.1 Å². The number of aromatic nitrogens is 6. The first-order chi connectivity index (χ1) is 68.9. The highest BCUT2D eigenvalue weighted by atomic mass is 32.1. The summed E-state index contributed by atoms with van der Waals surface area (Å²) < 4.78 is 21.5. The summed E-state index contributed by atoms with van der Waals surface area (Å²) in [4.78, 5) is 15.8. The van der Waals surface area contributed by atoms with Gasteiger partial charge in [-0.3, -0.25) is 0 Å². The van der Waals surface area contributed by atoms with Crippen LogP contribution in [0.25, 0.3) is 266 Å². The maximum Gasteiger partial charge on any atom is 0.145 e. The quantitative estimate of drug-likeness (QED) is 0.122. The van der Waals surface area contributed by atoms with Gasteiger partial charge in [0.25, 0.3) is 0 Å². The van der Waals surface area contributed by atoms with Gasteiger partial charge in [-0.1, -0.05) is 322 Å². The maximum atomic E-state index is 6.55. The fourth-order valence-electron chi connectivity index (χ4n) is 20.9. The summed E-state index contributed by atoms with van der Waals surface area (Å²) in [5.74, 6) is 0. The van der Waals surface area contributed by atoms with E-state index in [1.165, 1.54) is 137 Å². The number of benzene rings is 19. The van der Waals surface area contributed by atoms with E-state index in [4.69, 9.17) is 19.4 Å². The lowest BCUT2D eigenvalue weighted by molar-refractivity contribution is 0.673. The smallest absolute Gasteiger partial charge is 0.145 e. The molecular formula is C129H80N6OS3. The molecule has 650 valence electrons. The van der Waals surface area contributed by atoms with E-state index in [1.54, 1.807) is 0 Å². The monoisotopic (exact) mass is 1820 g/mol. The van der Waals surface area contributed by atoms with Gasteiger partial charge in [-0.25, -0.2) is 15.0 Å². The number of para-hydroxylation sites is 6.